The van der Waals surface area contributed by atoms with Crippen LogP contribution < -0.4 is 0 Å². The predicted octanol–water partition coefficient (Wildman–Crippen LogP) is 2.23. The molecule has 0 aromatic carbocycles. The average Bonchev–Trinajstić information content (AvgIpc) is 2.07. The number of rotatable bonds is 0. The second kappa shape index (κ2) is 2.25. The van der Waals surface area contributed by atoms with Crippen molar-refractivity contribution >= 4 is 17.4 Å². The van der Waals surface area contributed by atoms with Crippen molar-refractivity contribution in [2.45, 2.75) is 31.1 Å². The van der Waals surface area contributed by atoms with Gasteiger partial charge in [-0.25, -0.2) is 0 Å². The second-order valence-electron chi connectivity index (χ2n) is 4.72. The van der Waals surface area contributed by atoms with Crippen molar-refractivity contribution in [3.8, 4) is 0 Å². The van der Waals surface area contributed by atoms with Crippen LogP contribution in [0.15, 0.2) is 0 Å². The summed E-state index contributed by atoms with van der Waals surface area (Å²) < 4.78 is 0. The summed E-state index contributed by atoms with van der Waals surface area (Å²) in [4.78, 5) is 11.7. The van der Waals surface area contributed by atoms with Crippen LogP contribution >= 0.6 is 11.6 Å². The van der Waals surface area contributed by atoms with Gasteiger partial charge in [-0.15, -0.1) is 11.6 Å². The molecule has 4 rings (SSSR count). The first kappa shape index (κ1) is 7.37. The van der Waals surface area contributed by atoms with E-state index in [-0.39, 0.29) is 11.3 Å². The third kappa shape index (κ3) is 0.783. The number of halogens is 1. The summed E-state index contributed by atoms with van der Waals surface area (Å²) in [7, 11) is 0. The van der Waals surface area contributed by atoms with Crippen molar-refractivity contribution in [1.29, 1.82) is 0 Å². The van der Waals surface area contributed by atoms with Gasteiger partial charge in [0.2, 0.25) is 0 Å². The summed E-state index contributed by atoms with van der Waals surface area (Å²) in [5.74, 6) is 2.64. The van der Waals surface area contributed by atoms with Crippen LogP contribution in [-0.2, 0) is 4.79 Å². The van der Waals surface area contributed by atoms with Gasteiger partial charge in [0, 0.05) is 17.2 Å². The molecule has 4 fully saturated rings. The highest BCUT2D eigenvalue weighted by Crippen LogP contribution is 2.53. The highest BCUT2D eigenvalue weighted by atomic mass is 35.5. The van der Waals surface area contributed by atoms with E-state index >= 15 is 0 Å². The second-order valence-corrected chi connectivity index (χ2v) is 5.22. The molecule has 0 aromatic rings. The number of ketones is 1. The highest BCUT2D eigenvalue weighted by Gasteiger charge is 2.52. The lowest BCUT2D eigenvalue weighted by atomic mass is 9.55. The van der Waals surface area contributed by atoms with Gasteiger partial charge in [-0.1, -0.05) is 0 Å². The monoisotopic (exact) mass is 184 g/mol. The zero-order valence-corrected chi connectivity index (χ0v) is 7.76. The van der Waals surface area contributed by atoms with Crippen molar-refractivity contribution in [2.75, 3.05) is 0 Å². The van der Waals surface area contributed by atoms with E-state index in [4.69, 9.17) is 11.6 Å². The Bertz CT molecular complexity index is 238. The molecule has 0 N–H and O–H groups in total. The fourth-order valence-electron chi connectivity index (χ4n) is 3.56. The summed E-state index contributed by atoms with van der Waals surface area (Å²) in [5, 5.41) is 0.185. The SMILES string of the molecule is O=C1[C@@H]2C[C@@H]3C[C@H](C2)[C@H](Cl)[C@H]1C3. The normalized spacial score (nSPS) is 56.4. The zero-order chi connectivity index (χ0) is 8.29. The van der Waals surface area contributed by atoms with Gasteiger partial charge in [-0.2, -0.15) is 0 Å². The van der Waals surface area contributed by atoms with Gasteiger partial charge in [-0.3, -0.25) is 4.79 Å². The fraction of sp³-hybridized carbons (Fsp3) is 0.900. The maximum Gasteiger partial charge on any atom is 0.140 e. The molecular weight excluding hydrogens is 172 g/mol. The first-order valence-corrected chi connectivity index (χ1v) is 5.37. The van der Waals surface area contributed by atoms with Crippen molar-refractivity contribution < 1.29 is 4.79 Å². The molecule has 0 saturated heterocycles. The van der Waals surface area contributed by atoms with E-state index in [0.29, 0.717) is 17.6 Å². The number of carbonyl (C=O) groups excluding carboxylic acids is 1. The average molecular weight is 185 g/mol. The van der Waals surface area contributed by atoms with E-state index < -0.39 is 0 Å². The van der Waals surface area contributed by atoms with Crippen LogP contribution in [0.1, 0.15) is 25.7 Å². The number of Topliss-reactive ketones (excluding diaryl/α,β-unsaturated/α-hetero) is 1. The Morgan fingerprint density at radius 1 is 1.17 bits per heavy atom. The Labute approximate surface area is 77.5 Å². The van der Waals surface area contributed by atoms with Crippen LogP contribution in [0.3, 0.4) is 0 Å². The van der Waals surface area contributed by atoms with Crippen LogP contribution in [0.25, 0.3) is 0 Å². The standard InChI is InChI=1S/C10H13ClO/c11-9-6-1-5-2-7(4-6)10(12)8(9)3-5/h5-9H,1-4H2/t5-,6+,7+,8+,9-/m0/s1. The van der Waals surface area contributed by atoms with E-state index in [1.807, 2.05) is 0 Å². The van der Waals surface area contributed by atoms with Gasteiger partial charge in [0.15, 0.2) is 0 Å². The Hall–Kier alpha value is -0.0400. The molecular formula is C10H13ClO. The van der Waals surface area contributed by atoms with Crippen LogP contribution in [0.4, 0.5) is 0 Å². The van der Waals surface area contributed by atoms with E-state index in [1.54, 1.807) is 0 Å². The summed E-state index contributed by atoms with van der Waals surface area (Å²) >= 11 is 6.24. The molecule has 0 spiro atoms. The number of hydrogen-bond acceptors (Lipinski definition) is 1. The quantitative estimate of drug-likeness (QED) is 0.528. The summed E-state index contributed by atoms with van der Waals surface area (Å²) in [6.45, 7) is 0. The van der Waals surface area contributed by atoms with Gasteiger partial charge in [0.1, 0.15) is 5.78 Å². The first-order chi connectivity index (χ1) is 5.75. The number of carbonyl (C=O) groups is 1. The van der Waals surface area contributed by atoms with Crippen LogP contribution in [0, 0.1) is 23.7 Å². The van der Waals surface area contributed by atoms with Gasteiger partial charge in [0.25, 0.3) is 0 Å². The minimum atomic E-state index is 0.185. The van der Waals surface area contributed by atoms with E-state index in [1.165, 1.54) is 12.8 Å². The van der Waals surface area contributed by atoms with Crippen molar-refractivity contribution in [1.82, 2.24) is 0 Å². The number of hydrogen-bond donors (Lipinski definition) is 0. The Balaban J connectivity index is 1.98. The van der Waals surface area contributed by atoms with Crippen LogP contribution in [0.5, 0.6) is 0 Å². The van der Waals surface area contributed by atoms with E-state index in [0.717, 1.165) is 18.8 Å². The topological polar surface area (TPSA) is 17.1 Å². The Morgan fingerprint density at radius 2 is 2.00 bits per heavy atom. The summed E-state index contributed by atoms with van der Waals surface area (Å²) in [5.41, 5.74) is 0. The maximum atomic E-state index is 11.7. The van der Waals surface area contributed by atoms with Crippen molar-refractivity contribution in [3.05, 3.63) is 0 Å². The zero-order valence-electron chi connectivity index (χ0n) is 7.00. The van der Waals surface area contributed by atoms with Gasteiger partial charge in [0.05, 0.1) is 0 Å². The largest absolute Gasteiger partial charge is 0.299 e. The lowest BCUT2D eigenvalue weighted by Crippen LogP contribution is -2.51. The molecule has 5 atom stereocenters. The maximum absolute atomic E-state index is 11.7. The third-order valence-electron chi connectivity index (χ3n) is 4.03. The molecule has 4 bridgehead atoms. The fourth-order valence-corrected chi connectivity index (χ4v) is 4.00. The summed E-state index contributed by atoms with van der Waals surface area (Å²) in [6, 6.07) is 0. The lowest BCUT2D eigenvalue weighted by Gasteiger charge is -2.51. The first-order valence-electron chi connectivity index (χ1n) is 4.93. The molecule has 0 aliphatic heterocycles. The van der Waals surface area contributed by atoms with Crippen LogP contribution in [0.2, 0.25) is 0 Å². The molecule has 4 aliphatic carbocycles. The molecule has 0 heterocycles. The molecule has 4 aliphatic rings. The highest BCUT2D eigenvalue weighted by molar-refractivity contribution is 6.23. The Morgan fingerprint density at radius 3 is 2.83 bits per heavy atom. The van der Waals surface area contributed by atoms with Crippen LogP contribution in [-0.4, -0.2) is 11.2 Å². The minimum absolute atomic E-state index is 0.185. The van der Waals surface area contributed by atoms with Crippen molar-refractivity contribution in [3.63, 3.8) is 0 Å². The predicted molar refractivity (Wildman–Crippen MR) is 47.1 cm³/mol. The Kier molecular flexibility index (Phi) is 1.39. The minimum Gasteiger partial charge on any atom is -0.299 e. The lowest BCUT2D eigenvalue weighted by molar-refractivity contribution is -0.139. The molecule has 0 amide bonds. The molecule has 4 saturated carbocycles. The smallest absolute Gasteiger partial charge is 0.140 e. The number of alkyl halides is 1. The molecule has 0 unspecified atom stereocenters. The third-order valence-corrected chi connectivity index (χ3v) is 4.69. The molecule has 66 valence electrons. The van der Waals surface area contributed by atoms with Crippen molar-refractivity contribution in [2.24, 2.45) is 23.7 Å². The molecule has 0 aromatic heterocycles. The van der Waals surface area contributed by atoms with Gasteiger partial charge in [-0.05, 0) is 37.5 Å². The van der Waals surface area contributed by atoms with E-state index in [2.05, 4.69) is 0 Å². The molecule has 1 nitrogen and oxygen atoms in total. The molecule has 0 radical (unpaired) electrons. The van der Waals surface area contributed by atoms with Gasteiger partial charge >= 0.3 is 0 Å². The summed E-state index contributed by atoms with van der Waals surface area (Å²) in [6.07, 6.45) is 4.67. The van der Waals surface area contributed by atoms with Gasteiger partial charge < -0.3 is 0 Å². The van der Waals surface area contributed by atoms with E-state index in [9.17, 15) is 4.79 Å². The molecule has 12 heavy (non-hydrogen) atoms. The molecule has 2 heteroatoms.